The van der Waals surface area contributed by atoms with Crippen molar-refractivity contribution < 1.29 is 48.7 Å². The molecule has 0 saturated heterocycles. The summed E-state index contributed by atoms with van der Waals surface area (Å²) >= 11 is 0. The van der Waals surface area contributed by atoms with E-state index in [-0.39, 0.29) is 24.0 Å². The van der Waals surface area contributed by atoms with Gasteiger partial charge in [-0.1, -0.05) is 24.3 Å². The first kappa shape index (κ1) is 19.2. The third-order valence-corrected chi connectivity index (χ3v) is 2.89. The molecule has 0 N–H and O–H groups in total. The number of rotatable bonds is 4. The zero-order valence-electron chi connectivity index (χ0n) is 10.7. The highest BCUT2D eigenvalue weighted by atomic mass is 19.4. The molecular weight excluding hydrogens is 350 g/mol. The third kappa shape index (κ3) is 3.42. The maximum absolute atomic E-state index is 13.3. The molecule has 130 valence electrons. The Kier molecular flexibility index (Phi) is 4.75. The van der Waals surface area contributed by atoms with E-state index in [1.165, 1.54) is 0 Å². The molecule has 0 bridgehead atoms. The van der Waals surface area contributed by atoms with Crippen molar-refractivity contribution in [1.82, 2.24) is 0 Å². The van der Waals surface area contributed by atoms with Gasteiger partial charge in [-0.3, -0.25) is 4.79 Å². The lowest BCUT2D eigenvalue weighted by Gasteiger charge is -2.35. The Balaban J connectivity index is 3.58. The van der Waals surface area contributed by atoms with Crippen LogP contribution < -0.4 is 0 Å². The fraction of sp³-hybridized carbons (Fsp3) is 0.417. The summed E-state index contributed by atoms with van der Waals surface area (Å²) in [6.07, 6.45) is -13.2. The van der Waals surface area contributed by atoms with Gasteiger partial charge < -0.3 is 0 Å². The normalized spacial score (nSPS) is 14.2. The van der Waals surface area contributed by atoms with Crippen LogP contribution >= 0.6 is 0 Å². The lowest BCUT2D eigenvalue weighted by molar-refractivity contribution is -0.354. The van der Waals surface area contributed by atoms with Crippen molar-refractivity contribution in [2.45, 2.75) is 30.1 Å². The van der Waals surface area contributed by atoms with E-state index in [1.807, 2.05) is 0 Å². The molecule has 1 rings (SSSR count). The quantitative estimate of drug-likeness (QED) is 0.550. The van der Waals surface area contributed by atoms with Gasteiger partial charge in [0.05, 0.1) is 0 Å². The Hall–Kier alpha value is -1.81. The second-order valence-corrected chi connectivity index (χ2v) is 4.46. The predicted octanol–water partition coefficient (Wildman–Crippen LogP) is 4.98. The fourth-order valence-corrected chi connectivity index (χ4v) is 1.74. The number of carbonyl (C=O) groups excluding carboxylic acids is 1. The van der Waals surface area contributed by atoms with Gasteiger partial charge in [0.25, 0.3) is 0 Å². The van der Waals surface area contributed by atoms with Crippen molar-refractivity contribution in [1.29, 1.82) is 0 Å². The van der Waals surface area contributed by atoms with Gasteiger partial charge in [0, 0.05) is 5.56 Å². The van der Waals surface area contributed by atoms with Crippen LogP contribution in [0.25, 0.3) is 0 Å². The molecule has 0 radical (unpaired) electrons. The molecule has 0 aliphatic heterocycles. The third-order valence-electron chi connectivity index (χ3n) is 2.89. The molecule has 11 heteroatoms. The number of alkyl halides is 10. The highest BCUT2D eigenvalue weighted by Gasteiger charge is 2.76. The predicted molar refractivity (Wildman–Crippen MR) is 56.6 cm³/mol. The molecule has 0 spiro atoms. The summed E-state index contributed by atoms with van der Waals surface area (Å²) in [5.74, 6) is -17.3. The molecule has 23 heavy (non-hydrogen) atoms. The Morgan fingerprint density at radius 3 is 1.30 bits per heavy atom. The maximum Gasteiger partial charge on any atom is 0.454 e. The van der Waals surface area contributed by atoms with Gasteiger partial charge in [0.15, 0.2) is 0 Å². The zero-order valence-corrected chi connectivity index (χ0v) is 10.7. The van der Waals surface area contributed by atoms with Gasteiger partial charge in [-0.05, 0) is 5.56 Å². The maximum atomic E-state index is 13.3. The minimum atomic E-state index is -6.64. The van der Waals surface area contributed by atoms with E-state index in [1.54, 1.807) is 0 Å². The van der Waals surface area contributed by atoms with Crippen molar-refractivity contribution in [3.8, 4) is 0 Å². The lowest BCUT2D eigenvalue weighted by Crippen LogP contribution is -2.54. The Morgan fingerprint density at radius 2 is 1.04 bits per heavy atom. The van der Waals surface area contributed by atoms with Crippen LogP contribution in [0.5, 0.6) is 0 Å². The Bertz CT molecular complexity index is 529. The van der Waals surface area contributed by atoms with E-state index in [4.69, 9.17) is 0 Å². The minimum Gasteiger partial charge on any atom is -0.298 e. The van der Waals surface area contributed by atoms with E-state index >= 15 is 0 Å². The number of carbonyl (C=O) groups is 1. The molecule has 0 atom stereocenters. The van der Waals surface area contributed by atoms with Crippen molar-refractivity contribution in [2.75, 3.05) is 0 Å². The second-order valence-electron chi connectivity index (χ2n) is 4.46. The number of hydrogen-bond acceptors (Lipinski definition) is 1. The summed E-state index contributed by atoms with van der Waals surface area (Å²) in [5.41, 5.74) is -1.92. The van der Waals surface area contributed by atoms with Crippen LogP contribution in [0.15, 0.2) is 24.3 Å². The summed E-state index contributed by atoms with van der Waals surface area (Å²) in [4.78, 5) is 10.3. The number of hydrogen-bond donors (Lipinski definition) is 0. The monoisotopic (exact) mass is 356 g/mol. The molecule has 0 saturated carbocycles. The van der Waals surface area contributed by atoms with E-state index in [0.29, 0.717) is 12.1 Å². The van der Waals surface area contributed by atoms with Crippen LogP contribution in [0, 0.1) is 0 Å². The highest BCUT2D eigenvalue weighted by molar-refractivity contribution is 5.74. The van der Waals surface area contributed by atoms with Gasteiger partial charge in [-0.25, -0.2) is 0 Å². The highest BCUT2D eigenvalue weighted by Crippen LogP contribution is 2.56. The van der Waals surface area contributed by atoms with Gasteiger partial charge in [-0.15, -0.1) is 0 Å². The van der Waals surface area contributed by atoms with Gasteiger partial charge in [-0.2, -0.15) is 43.9 Å². The standard InChI is InChI=1S/C12H6F10O/c13-9(14,11(17,18)19)8(10(15,16)12(20,21)22)7-3-1-6(5-23)2-4-7/h1-5,8H. The number of halogens is 10. The second kappa shape index (κ2) is 5.68. The molecule has 0 aromatic heterocycles. The van der Waals surface area contributed by atoms with Crippen molar-refractivity contribution >= 4 is 6.29 Å². The van der Waals surface area contributed by atoms with E-state index in [9.17, 15) is 48.7 Å². The van der Waals surface area contributed by atoms with Crippen LogP contribution in [0.2, 0.25) is 0 Å². The van der Waals surface area contributed by atoms with Gasteiger partial charge in [0.1, 0.15) is 12.2 Å². The van der Waals surface area contributed by atoms with Crippen molar-refractivity contribution in [3.63, 3.8) is 0 Å². The molecule has 0 amide bonds. The van der Waals surface area contributed by atoms with Gasteiger partial charge >= 0.3 is 24.2 Å². The van der Waals surface area contributed by atoms with Crippen LogP contribution in [0.1, 0.15) is 21.8 Å². The summed E-state index contributed by atoms with van der Waals surface area (Å²) in [6, 6.07) is 1.48. The molecule has 0 aliphatic rings. The fourth-order valence-electron chi connectivity index (χ4n) is 1.74. The van der Waals surface area contributed by atoms with Gasteiger partial charge in [0.2, 0.25) is 0 Å². The summed E-state index contributed by atoms with van der Waals surface area (Å²) in [7, 11) is 0. The lowest BCUT2D eigenvalue weighted by atomic mass is 9.85. The molecule has 0 heterocycles. The first-order valence-corrected chi connectivity index (χ1v) is 5.60. The summed E-state index contributed by atoms with van der Waals surface area (Å²) < 4.78 is 127. The van der Waals surface area contributed by atoms with Crippen LogP contribution in [-0.2, 0) is 0 Å². The topological polar surface area (TPSA) is 17.1 Å². The molecule has 1 aromatic carbocycles. The smallest absolute Gasteiger partial charge is 0.298 e. The number of aldehydes is 1. The largest absolute Gasteiger partial charge is 0.454 e. The molecule has 0 unspecified atom stereocenters. The first-order valence-electron chi connectivity index (χ1n) is 5.60. The molecule has 0 aliphatic carbocycles. The van der Waals surface area contributed by atoms with Crippen molar-refractivity contribution in [3.05, 3.63) is 35.4 Å². The SMILES string of the molecule is O=Cc1ccc(C(C(F)(F)C(F)(F)F)C(F)(F)C(F)(F)F)cc1. The van der Waals surface area contributed by atoms with Crippen LogP contribution in [-0.4, -0.2) is 30.5 Å². The van der Waals surface area contributed by atoms with E-state index < -0.39 is 35.7 Å². The zero-order chi connectivity index (χ0) is 18.3. The van der Waals surface area contributed by atoms with E-state index in [2.05, 4.69) is 0 Å². The molecule has 0 fully saturated rings. The van der Waals surface area contributed by atoms with Crippen LogP contribution in [0.4, 0.5) is 43.9 Å². The Morgan fingerprint density at radius 1 is 0.696 bits per heavy atom. The molecular formula is C12H6F10O. The molecule has 1 nitrogen and oxygen atoms in total. The van der Waals surface area contributed by atoms with Crippen LogP contribution in [0.3, 0.4) is 0 Å². The summed E-state index contributed by atoms with van der Waals surface area (Å²) in [6.45, 7) is 0. The first-order chi connectivity index (χ1) is 10.2. The Labute approximate surface area is 121 Å². The number of benzene rings is 1. The van der Waals surface area contributed by atoms with E-state index in [0.717, 1.165) is 0 Å². The molecule has 1 aromatic rings. The average molecular weight is 356 g/mol. The minimum absolute atomic E-state index is 0.0998. The average Bonchev–Trinajstić information content (AvgIpc) is 2.36. The summed E-state index contributed by atoms with van der Waals surface area (Å²) in [5, 5.41) is 0. The van der Waals surface area contributed by atoms with Crippen molar-refractivity contribution in [2.24, 2.45) is 0 Å².